The van der Waals surface area contributed by atoms with Gasteiger partial charge in [0.05, 0.1) is 37.2 Å². The lowest BCUT2D eigenvalue weighted by molar-refractivity contribution is -0.139. The van der Waals surface area contributed by atoms with Gasteiger partial charge in [0.15, 0.2) is 0 Å². The van der Waals surface area contributed by atoms with E-state index in [4.69, 9.17) is 4.74 Å². The molecule has 2 saturated heterocycles. The number of piperazine rings is 1. The predicted octanol–water partition coefficient (Wildman–Crippen LogP) is 2.55. The van der Waals surface area contributed by atoms with Gasteiger partial charge in [-0.15, -0.1) is 0 Å². The first-order valence-corrected chi connectivity index (χ1v) is 11.2. The topological polar surface area (TPSA) is 53.1 Å². The van der Waals surface area contributed by atoms with E-state index >= 15 is 0 Å². The van der Waals surface area contributed by atoms with Gasteiger partial charge in [-0.2, -0.15) is 0 Å². The zero-order valence-electron chi connectivity index (χ0n) is 18.5. The maximum absolute atomic E-state index is 12.6. The summed E-state index contributed by atoms with van der Waals surface area (Å²) in [7, 11) is 0. The Morgan fingerprint density at radius 1 is 1.00 bits per heavy atom. The maximum Gasteiger partial charge on any atom is 0.234 e. The molecular formula is C25H31N3O3. The molecule has 0 saturated carbocycles. The van der Waals surface area contributed by atoms with E-state index in [1.54, 1.807) is 0 Å². The minimum atomic E-state index is -0.175. The number of amides is 2. The van der Waals surface area contributed by atoms with E-state index in [-0.39, 0.29) is 30.2 Å². The third-order valence-electron chi connectivity index (χ3n) is 6.46. The highest BCUT2D eigenvalue weighted by Gasteiger charge is 2.47. The molecule has 0 N–H and O–H groups in total. The molecule has 6 nitrogen and oxygen atoms in total. The molecule has 2 heterocycles. The Kier molecular flexibility index (Phi) is 6.62. The number of anilines is 1. The lowest BCUT2D eigenvalue weighted by Crippen LogP contribution is -2.46. The van der Waals surface area contributed by atoms with Crippen LogP contribution in [0.5, 0.6) is 5.75 Å². The van der Waals surface area contributed by atoms with Crippen LogP contribution in [0.4, 0.5) is 5.69 Å². The van der Waals surface area contributed by atoms with E-state index in [1.165, 1.54) is 10.5 Å². The molecular weight excluding hydrogens is 390 g/mol. The van der Waals surface area contributed by atoms with Gasteiger partial charge in [0, 0.05) is 26.2 Å². The molecule has 6 heteroatoms. The number of benzene rings is 1. The molecule has 1 aliphatic carbocycles. The lowest BCUT2D eigenvalue weighted by atomic mass is 9.82. The second-order valence-corrected chi connectivity index (χ2v) is 8.48. The van der Waals surface area contributed by atoms with Gasteiger partial charge >= 0.3 is 0 Å². The molecule has 2 atom stereocenters. The van der Waals surface area contributed by atoms with Gasteiger partial charge in [0.1, 0.15) is 5.75 Å². The summed E-state index contributed by atoms with van der Waals surface area (Å²) < 4.78 is 5.76. The Hall–Kier alpha value is -2.78. The molecule has 3 aliphatic rings. The highest BCUT2D eigenvalue weighted by atomic mass is 16.5. The van der Waals surface area contributed by atoms with E-state index in [1.807, 2.05) is 32.0 Å². The Balaban J connectivity index is 1.26. The molecule has 2 aliphatic heterocycles. The quantitative estimate of drug-likeness (QED) is 0.416. The van der Waals surface area contributed by atoms with Crippen LogP contribution in [0.2, 0.25) is 0 Å². The summed E-state index contributed by atoms with van der Waals surface area (Å²) in [6, 6.07) is 8.18. The minimum absolute atomic E-state index is 0.0432. The second-order valence-electron chi connectivity index (χ2n) is 8.48. The standard InChI is InChI=1S/C25H31N3O3/c1-3-31-23-9-5-4-8-22(23)27-16-14-26(15-17-27)12-6-7-13-28-24(29)20-11-10-19(2)18-21(20)25(28)30/h4-5,8-10,20-21H,3,11-18H2,1-2H3. The Bertz CT molecular complexity index is 921. The molecule has 2 fully saturated rings. The molecule has 4 rings (SSSR count). The van der Waals surface area contributed by atoms with Gasteiger partial charge < -0.3 is 9.64 Å². The summed E-state index contributed by atoms with van der Waals surface area (Å²) in [6.07, 6.45) is 3.48. The molecule has 164 valence electrons. The first-order valence-electron chi connectivity index (χ1n) is 11.2. The van der Waals surface area contributed by atoms with Crippen molar-refractivity contribution in [3.05, 3.63) is 35.9 Å². The van der Waals surface area contributed by atoms with Gasteiger partial charge in [-0.25, -0.2) is 0 Å². The van der Waals surface area contributed by atoms with Crippen LogP contribution in [0.25, 0.3) is 0 Å². The van der Waals surface area contributed by atoms with Crippen molar-refractivity contribution in [2.75, 3.05) is 50.8 Å². The fourth-order valence-corrected chi connectivity index (χ4v) is 4.71. The van der Waals surface area contributed by atoms with Crippen molar-refractivity contribution < 1.29 is 14.3 Å². The number of carbonyl (C=O) groups excluding carboxylic acids is 2. The Labute approximate surface area is 184 Å². The van der Waals surface area contributed by atoms with E-state index in [9.17, 15) is 9.59 Å². The number of likely N-dealkylation sites (tertiary alicyclic amines) is 1. The SMILES string of the molecule is CCOc1ccccc1N1CCN(CC#CCN2C(=O)C3CC=C(C)CC3C2=O)CC1. The predicted molar refractivity (Wildman–Crippen MR) is 121 cm³/mol. The number of allylic oxidation sites excluding steroid dienone is 2. The number of rotatable bonds is 5. The first-order chi connectivity index (χ1) is 15.1. The molecule has 2 amide bonds. The highest BCUT2D eigenvalue weighted by molar-refractivity contribution is 6.05. The average Bonchev–Trinajstić information content (AvgIpc) is 3.02. The van der Waals surface area contributed by atoms with E-state index in [0.29, 0.717) is 26.0 Å². The number of para-hydroxylation sites is 2. The fraction of sp³-hybridized carbons (Fsp3) is 0.520. The van der Waals surface area contributed by atoms with Crippen molar-refractivity contribution in [3.63, 3.8) is 0 Å². The molecule has 1 aromatic carbocycles. The lowest BCUT2D eigenvalue weighted by Gasteiger charge is -2.35. The second kappa shape index (κ2) is 9.57. The number of imide groups is 1. The summed E-state index contributed by atoms with van der Waals surface area (Å²) >= 11 is 0. The van der Waals surface area contributed by atoms with E-state index < -0.39 is 0 Å². The number of hydrogen-bond donors (Lipinski definition) is 0. The van der Waals surface area contributed by atoms with Crippen molar-refractivity contribution in [1.29, 1.82) is 0 Å². The zero-order valence-corrected chi connectivity index (χ0v) is 18.5. The Morgan fingerprint density at radius 3 is 2.48 bits per heavy atom. The van der Waals surface area contributed by atoms with Crippen molar-refractivity contribution in [2.24, 2.45) is 11.8 Å². The highest BCUT2D eigenvalue weighted by Crippen LogP contribution is 2.37. The molecule has 0 bridgehead atoms. The van der Waals surface area contributed by atoms with E-state index in [2.05, 4.69) is 33.8 Å². The van der Waals surface area contributed by atoms with Crippen LogP contribution in [0.15, 0.2) is 35.9 Å². The number of ether oxygens (including phenoxy) is 1. The number of nitrogens with zero attached hydrogens (tertiary/aromatic N) is 3. The number of carbonyl (C=O) groups is 2. The summed E-state index contributed by atoms with van der Waals surface area (Å²) in [5, 5.41) is 0. The normalized spacial score (nSPS) is 23.9. The number of fused-ring (bicyclic) bond motifs is 1. The van der Waals surface area contributed by atoms with Gasteiger partial charge in [-0.05, 0) is 38.8 Å². The van der Waals surface area contributed by atoms with Crippen LogP contribution in [0, 0.1) is 23.7 Å². The van der Waals surface area contributed by atoms with E-state index in [0.717, 1.165) is 37.6 Å². The molecule has 0 spiro atoms. The van der Waals surface area contributed by atoms with Crippen LogP contribution in [-0.4, -0.2) is 67.5 Å². The summed E-state index contributed by atoms with van der Waals surface area (Å²) in [4.78, 5) is 31.2. The van der Waals surface area contributed by atoms with Crippen LogP contribution in [0.1, 0.15) is 26.7 Å². The summed E-state index contributed by atoms with van der Waals surface area (Å²) in [5.74, 6) is 6.74. The average molecular weight is 422 g/mol. The zero-order chi connectivity index (χ0) is 21.8. The van der Waals surface area contributed by atoms with Crippen LogP contribution in [0.3, 0.4) is 0 Å². The third-order valence-corrected chi connectivity index (χ3v) is 6.46. The molecule has 31 heavy (non-hydrogen) atoms. The molecule has 0 aromatic heterocycles. The smallest absolute Gasteiger partial charge is 0.234 e. The molecule has 2 unspecified atom stereocenters. The van der Waals surface area contributed by atoms with Crippen molar-refractivity contribution in [2.45, 2.75) is 26.7 Å². The largest absolute Gasteiger partial charge is 0.492 e. The van der Waals surface area contributed by atoms with Gasteiger partial charge in [0.2, 0.25) is 11.8 Å². The summed E-state index contributed by atoms with van der Waals surface area (Å²) in [6.45, 7) is 9.25. The van der Waals surface area contributed by atoms with Crippen molar-refractivity contribution in [1.82, 2.24) is 9.80 Å². The van der Waals surface area contributed by atoms with Gasteiger partial charge in [-0.3, -0.25) is 19.4 Å². The van der Waals surface area contributed by atoms with Gasteiger partial charge in [-0.1, -0.05) is 35.6 Å². The maximum atomic E-state index is 12.6. The third kappa shape index (κ3) is 4.62. The van der Waals surface area contributed by atoms with Gasteiger partial charge in [0.25, 0.3) is 0 Å². The van der Waals surface area contributed by atoms with Crippen molar-refractivity contribution >= 4 is 17.5 Å². The Morgan fingerprint density at radius 2 is 1.71 bits per heavy atom. The first kappa shape index (κ1) is 21.5. The van der Waals surface area contributed by atoms with Crippen LogP contribution < -0.4 is 9.64 Å². The minimum Gasteiger partial charge on any atom is -0.492 e. The summed E-state index contributed by atoms with van der Waals surface area (Å²) in [5.41, 5.74) is 2.35. The van der Waals surface area contributed by atoms with Crippen molar-refractivity contribution in [3.8, 4) is 17.6 Å². The molecule has 0 radical (unpaired) electrons. The monoisotopic (exact) mass is 421 g/mol. The number of hydrogen-bond acceptors (Lipinski definition) is 5. The van der Waals surface area contributed by atoms with Crippen LogP contribution >= 0.6 is 0 Å². The molecule has 1 aromatic rings. The van der Waals surface area contributed by atoms with Crippen LogP contribution in [-0.2, 0) is 9.59 Å². The fourth-order valence-electron chi connectivity index (χ4n) is 4.71.